The molecule has 0 fully saturated rings. The maximum Gasteiger partial charge on any atom is 0.138 e. The summed E-state index contributed by atoms with van der Waals surface area (Å²) >= 11 is 3.49. The van der Waals surface area contributed by atoms with Crippen LogP contribution in [0.1, 0.15) is 32.8 Å². The van der Waals surface area contributed by atoms with E-state index in [9.17, 15) is 5.11 Å². The SMILES string of the molecule is CCNCc1cccc(Br)c1OCC(C)(O)CC. The van der Waals surface area contributed by atoms with Gasteiger partial charge in [0.2, 0.25) is 0 Å². The van der Waals surface area contributed by atoms with Gasteiger partial charge in [-0.2, -0.15) is 0 Å². The van der Waals surface area contributed by atoms with E-state index >= 15 is 0 Å². The summed E-state index contributed by atoms with van der Waals surface area (Å²) in [4.78, 5) is 0. The Morgan fingerprint density at radius 1 is 1.39 bits per heavy atom. The summed E-state index contributed by atoms with van der Waals surface area (Å²) in [6.07, 6.45) is 0.667. The second kappa shape index (κ2) is 7.12. The van der Waals surface area contributed by atoms with Crippen molar-refractivity contribution in [2.24, 2.45) is 0 Å². The fourth-order valence-corrected chi connectivity index (χ4v) is 1.97. The summed E-state index contributed by atoms with van der Waals surface area (Å²) in [6.45, 7) is 7.78. The van der Waals surface area contributed by atoms with Gasteiger partial charge in [-0.3, -0.25) is 0 Å². The fraction of sp³-hybridized carbons (Fsp3) is 0.571. The van der Waals surface area contributed by atoms with E-state index in [1.807, 2.05) is 25.1 Å². The van der Waals surface area contributed by atoms with Crippen molar-refractivity contribution in [1.82, 2.24) is 5.32 Å². The molecule has 0 spiro atoms. The van der Waals surface area contributed by atoms with Gasteiger partial charge in [-0.15, -0.1) is 0 Å². The van der Waals surface area contributed by atoms with Crippen molar-refractivity contribution < 1.29 is 9.84 Å². The minimum atomic E-state index is -0.787. The summed E-state index contributed by atoms with van der Waals surface area (Å²) in [5, 5.41) is 13.3. The van der Waals surface area contributed by atoms with Crippen LogP contribution in [0.25, 0.3) is 0 Å². The van der Waals surface area contributed by atoms with E-state index in [1.54, 1.807) is 6.92 Å². The van der Waals surface area contributed by atoms with Gasteiger partial charge in [0.1, 0.15) is 12.4 Å². The number of para-hydroxylation sites is 1. The number of hydrogen-bond donors (Lipinski definition) is 2. The molecule has 1 atom stereocenters. The molecule has 3 nitrogen and oxygen atoms in total. The normalized spacial score (nSPS) is 14.3. The van der Waals surface area contributed by atoms with E-state index < -0.39 is 5.60 Å². The van der Waals surface area contributed by atoms with Gasteiger partial charge in [0.15, 0.2) is 0 Å². The van der Waals surface area contributed by atoms with Gasteiger partial charge < -0.3 is 15.2 Å². The molecule has 0 radical (unpaired) electrons. The molecule has 2 N–H and O–H groups in total. The molecule has 102 valence electrons. The molecule has 0 saturated heterocycles. The van der Waals surface area contributed by atoms with Crippen molar-refractivity contribution in [3.63, 3.8) is 0 Å². The van der Waals surface area contributed by atoms with Crippen LogP contribution in [-0.4, -0.2) is 23.9 Å². The summed E-state index contributed by atoms with van der Waals surface area (Å²) in [6, 6.07) is 5.97. The third kappa shape index (κ3) is 4.59. The molecule has 0 aromatic heterocycles. The van der Waals surface area contributed by atoms with Crippen molar-refractivity contribution in [2.75, 3.05) is 13.2 Å². The molecular weight excluding hydrogens is 294 g/mol. The maximum absolute atomic E-state index is 9.99. The summed E-state index contributed by atoms with van der Waals surface area (Å²) < 4.78 is 6.70. The van der Waals surface area contributed by atoms with Crippen LogP contribution in [0.3, 0.4) is 0 Å². The van der Waals surface area contributed by atoms with Crippen LogP contribution in [0.15, 0.2) is 22.7 Å². The van der Waals surface area contributed by atoms with E-state index in [0.29, 0.717) is 13.0 Å². The van der Waals surface area contributed by atoms with Crippen molar-refractivity contribution in [3.8, 4) is 5.75 Å². The van der Waals surface area contributed by atoms with E-state index in [-0.39, 0.29) is 0 Å². The summed E-state index contributed by atoms with van der Waals surface area (Å²) in [7, 11) is 0. The van der Waals surface area contributed by atoms with Crippen LogP contribution in [0.2, 0.25) is 0 Å². The molecule has 1 rings (SSSR count). The Labute approximate surface area is 118 Å². The third-order valence-corrected chi connectivity index (χ3v) is 3.53. The second-order valence-corrected chi connectivity index (χ2v) is 5.50. The van der Waals surface area contributed by atoms with Gasteiger partial charge in [0, 0.05) is 12.1 Å². The number of halogens is 1. The average Bonchev–Trinajstić information content (AvgIpc) is 2.35. The molecule has 0 aliphatic carbocycles. The van der Waals surface area contributed by atoms with Gasteiger partial charge >= 0.3 is 0 Å². The molecule has 0 heterocycles. The van der Waals surface area contributed by atoms with Crippen LogP contribution >= 0.6 is 15.9 Å². The highest BCUT2D eigenvalue weighted by Gasteiger charge is 2.20. The molecule has 1 aromatic rings. The van der Waals surface area contributed by atoms with Gasteiger partial charge in [0.05, 0.1) is 10.1 Å². The van der Waals surface area contributed by atoms with E-state index in [2.05, 4.69) is 28.2 Å². The molecule has 1 unspecified atom stereocenters. The Kier molecular flexibility index (Phi) is 6.12. The monoisotopic (exact) mass is 315 g/mol. The average molecular weight is 316 g/mol. The zero-order chi connectivity index (χ0) is 13.6. The van der Waals surface area contributed by atoms with Crippen molar-refractivity contribution >= 4 is 15.9 Å². The van der Waals surface area contributed by atoms with E-state index in [4.69, 9.17) is 4.74 Å². The molecule has 0 bridgehead atoms. The number of rotatable bonds is 7. The van der Waals surface area contributed by atoms with Crippen LogP contribution in [0.5, 0.6) is 5.75 Å². The molecule has 1 aromatic carbocycles. The molecule has 0 amide bonds. The van der Waals surface area contributed by atoms with Crippen LogP contribution in [0.4, 0.5) is 0 Å². The van der Waals surface area contributed by atoms with Gasteiger partial charge in [-0.05, 0) is 41.9 Å². The summed E-state index contributed by atoms with van der Waals surface area (Å²) in [5.41, 5.74) is 0.309. The van der Waals surface area contributed by atoms with Gasteiger partial charge in [0.25, 0.3) is 0 Å². The Bertz CT molecular complexity index is 380. The Morgan fingerprint density at radius 3 is 2.72 bits per heavy atom. The first-order valence-electron chi connectivity index (χ1n) is 6.33. The first-order valence-corrected chi connectivity index (χ1v) is 7.12. The zero-order valence-corrected chi connectivity index (χ0v) is 12.9. The van der Waals surface area contributed by atoms with Crippen molar-refractivity contribution in [1.29, 1.82) is 0 Å². The highest BCUT2D eigenvalue weighted by atomic mass is 79.9. The predicted octanol–water partition coefficient (Wildman–Crippen LogP) is 3.10. The van der Waals surface area contributed by atoms with Crippen molar-refractivity contribution in [3.05, 3.63) is 28.2 Å². The first-order chi connectivity index (χ1) is 8.50. The van der Waals surface area contributed by atoms with E-state index in [0.717, 1.165) is 28.9 Å². The zero-order valence-electron chi connectivity index (χ0n) is 11.3. The second-order valence-electron chi connectivity index (χ2n) is 4.65. The fourth-order valence-electron chi connectivity index (χ4n) is 1.44. The van der Waals surface area contributed by atoms with Crippen LogP contribution in [0, 0.1) is 0 Å². The lowest BCUT2D eigenvalue weighted by Crippen LogP contribution is -2.31. The molecule has 18 heavy (non-hydrogen) atoms. The maximum atomic E-state index is 9.99. The minimum Gasteiger partial charge on any atom is -0.489 e. The lowest BCUT2D eigenvalue weighted by Gasteiger charge is -2.23. The molecule has 0 saturated carbocycles. The summed E-state index contributed by atoms with van der Waals surface area (Å²) in [5.74, 6) is 0.812. The van der Waals surface area contributed by atoms with Crippen molar-refractivity contribution in [2.45, 2.75) is 39.3 Å². The number of aliphatic hydroxyl groups is 1. The predicted molar refractivity (Wildman–Crippen MR) is 77.9 cm³/mol. The smallest absolute Gasteiger partial charge is 0.138 e. The number of ether oxygens (including phenoxy) is 1. The largest absolute Gasteiger partial charge is 0.489 e. The third-order valence-electron chi connectivity index (χ3n) is 2.90. The highest BCUT2D eigenvalue weighted by Crippen LogP contribution is 2.30. The minimum absolute atomic E-state index is 0.297. The first kappa shape index (κ1) is 15.5. The van der Waals surface area contributed by atoms with E-state index in [1.165, 1.54) is 0 Å². The molecule has 0 aliphatic rings. The quantitative estimate of drug-likeness (QED) is 0.812. The lowest BCUT2D eigenvalue weighted by atomic mass is 10.1. The highest BCUT2D eigenvalue weighted by molar-refractivity contribution is 9.10. The van der Waals surface area contributed by atoms with Crippen LogP contribution < -0.4 is 10.1 Å². The number of hydrogen-bond acceptors (Lipinski definition) is 3. The number of nitrogens with one attached hydrogen (secondary N) is 1. The van der Waals surface area contributed by atoms with Gasteiger partial charge in [-0.1, -0.05) is 26.0 Å². The molecular formula is C14H22BrNO2. The van der Waals surface area contributed by atoms with Crippen LogP contribution in [-0.2, 0) is 6.54 Å². The standard InChI is InChI=1S/C14H22BrNO2/c1-4-14(3,17)10-18-13-11(9-16-5-2)7-6-8-12(13)15/h6-8,16-17H,4-5,9-10H2,1-3H3. The molecule has 0 aliphatic heterocycles. The molecule has 4 heteroatoms. The number of benzene rings is 1. The van der Waals surface area contributed by atoms with Gasteiger partial charge in [-0.25, -0.2) is 0 Å². The topological polar surface area (TPSA) is 41.5 Å². The Morgan fingerprint density at radius 2 is 2.11 bits per heavy atom. The lowest BCUT2D eigenvalue weighted by molar-refractivity contribution is 0.00792. The Hall–Kier alpha value is -0.580. The Balaban J connectivity index is 2.79.